The number of piperidine rings is 2. The SMILES string of the molecule is CN1CCC(N2CCCCC2CC(=O)O)CC1. The summed E-state index contributed by atoms with van der Waals surface area (Å²) < 4.78 is 0. The molecule has 0 amide bonds. The predicted octanol–water partition coefficient (Wildman–Crippen LogP) is 1.41. The molecule has 4 nitrogen and oxygen atoms in total. The fourth-order valence-electron chi connectivity index (χ4n) is 3.25. The molecular weight excluding hydrogens is 216 g/mol. The number of rotatable bonds is 3. The lowest BCUT2D eigenvalue weighted by Crippen LogP contribution is -2.51. The molecule has 98 valence electrons. The first-order chi connectivity index (χ1) is 8.16. The van der Waals surface area contributed by atoms with E-state index in [-0.39, 0.29) is 6.04 Å². The molecule has 0 aromatic rings. The normalized spacial score (nSPS) is 29.4. The Kier molecular flexibility index (Phi) is 4.40. The average Bonchev–Trinajstić information content (AvgIpc) is 2.30. The van der Waals surface area contributed by atoms with Gasteiger partial charge in [-0.05, 0) is 52.4 Å². The summed E-state index contributed by atoms with van der Waals surface area (Å²) in [5.41, 5.74) is 0. The molecule has 1 atom stereocenters. The van der Waals surface area contributed by atoms with Gasteiger partial charge in [-0.1, -0.05) is 6.42 Å². The molecule has 0 bridgehead atoms. The molecule has 0 aromatic heterocycles. The van der Waals surface area contributed by atoms with Crippen LogP contribution in [-0.4, -0.2) is 59.6 Å². The largest absolute Gasteiger partial charge is 0.481 e. The van der Waals surface area contributed by atoms with Crippen molar-refractivity contribution in [2.75, 3.05) is 26.7 Å². The summed E-state index contributed by atoms with van der Waals surface area (Å²) in [5, 5.41) is 8.99. The number of nitrogens with zero attached hydrogens (tertiary/aromatic N) is 2. The number of carbonyl (C=O) groups is 1. The van der Waals surface area contributed by atoms with E-state index in [0.717, 1.165) is 26.1 Å². The third-order valence-electron chi connectivity index (χ3n) is 4.24. The van der Waals surface area contributed by atoms with E-state index in [1.807, 2.05) is 0 Å². The van der Waals surface area contributed by atoms with Gasteiger partial charge in [0.05, 0.1) is 6.42 Å². The van der Waals surface area contributed by atoms with Crippen LogP contribution >= 0.6 is 0 Å². The molecule has 17 heavy (non-hydrogen) atoms. The van der Waals surface area contributed by atoms with Gasteiger partial charge in [-0.2, -0.15) is 0 Å². The maximum Gasteiger partial charge on any atom is 0.304 e. The summed E-state index contributed by atoms with van der Waals surface area (Å²) in [6.45, 7) is 3.41. The Balaban J connectivity index is 1.93. The van der Waals surface area contributed by atoms with Crippen LogP contribution in [-0.2, 0) is 4.79 Å². The van der Waals surface area contributed by atoms with Crippen LogP contribution in [0, 0.1) is 0 Å². The monoisotopic (exact) mass is 240 g/mol. The topological polar surface area (TPSA) is 43.8 Å². The highest BCUT2D eigenvalue weighted by Crippen LogP contribution is 2.26. The Labute approximate surface area is 104 Å². The molecule has 0 aliphatic carbocycles. The second kappa shape index (κ2) is 5.83. The number of hydrogen-bond donors (Lipinski definition) is 1. The second-order valence-electron chi connectivity index (χ2n) is 5.52. The molecule has 0 spiro atoms. The van der Waals surface area contributed by atoms with Gasteiger partial charge >= 0.3 is 5.97 Å². The minimum absolute atomic E-state index is 0.287. The number of hydrogen-bond acceptors (Lipinski definition) is 3. The van der Waals surface area contributed by atoms with Gasteiger partial charge in [-0.25, -0.2) is 0 Å². The molecule has 2 aliphatic heterocycles. The van der Waals surface area contributed by atoms with Crippen molar-refractivity contribution in [1.82, 2.24) is 9.80 Å². The van der Waals surface area contributed by atoms with Crippen LogP contribution in [0.15, 0.2) is 0 Å². The van der Waals surface area contributed by atoms with E-state index in [1.54, 1.807) is 0 Å². The number of carboxylic acids is 1. The molecule has 2 saturated heterocycles. The molecule has 1 unspecified atom stereocenters. The van der Waals surface area contributed by atoms with E-state index >= 15 is 0 Å². The quantitative estimate of drug-likeness (QED) is 0.810. The van der Waals surface area contributed by atoms with Crippen molar-refractivity contribution in [3.8, 4) is 0 Å². The van der Waals surface area contributed by atoms with E-state index in [9.17, 15) is 4.79 Å². The molecule has 2 fully saturated rings. The molecule has 4 heteroatoms. The van der Waals surface area contributed by atoms with Crippen LogP contribution in [0.5, 0.6) is 0 Å². The van der Waals surface area contributed by atoms with Crippen LogP contribution in [0.2, 0.25) is 0 Å². The number of carboxylic acid groups (broad SMARTS) is 1. The van der Waals surface area contributed by atoms with Crippen molar-refractivity contribution in [3.05, 3.63) is 0 Å². The third-order valence-corrected chi connectivity index (χ3v) is 4.24. The van der Waals surface area contributed by atoms with Gasteiger partial charge in [0.25, 0.3) is 0 Å². The van der Waals surface area contributed by atoms with Gasteiger partial charge < -0.3 is 10.0 Å². The second-order valence-corrected chi connectivity index (χ2v) is 5.52. The zero-order valence-electron chi connectivity index (χ0n) is 10.8. The van der Waals surface area contributed by atoms with Crippen LogP contribution in [0.3, 0.4) is 0 Å². The van der Waals surface area contributed by atoms with Crippen LogP contribution in [0.4, 0.5) is 0 Å². The summed E-state index contributed by atoms with van der Waals surface area (Å²) in [6.07, 6.45) is 6.23. The Morgan fingerprint density at radius 1 is 1.18 bits per heavy atom. The van der Waals surface area contributed by atoms with Crippen molar-refractivity contribution < 1.29 is 9.90 Å². The fraction of sp³-hybridized carbons (Fsp3) is 0.923. The Bertz CT molecular complexity index is 262. The summed E-state index contributed by atoms with van der Waals surface area (Å²) in [5.74, 6) is -0.644. The molecule has 0 radical (unpaired) electrons. The lowest BCUT2D eigenvalue weighted by molar-refractivity contribution is -0.139. The van der Waals surface area contributed by atoms with Crippen molar-refractivity contribution in [2.24, 2.45) is 0 Å². The summed E-state index contributed by atoms with van der Waals surface area (Å²) >= 11 is 0. The van der Waals surface area contributed by atoms with Crippen molar-refractivity contribution in [1.29, 1.82) is 0 Å². The Morgan fingerprint density at radius 2 is 1.88 bits per heavy atom. The van der Waals surface area contributed by atoms with Gasteiger partial charge in [0.15, 0.2) is 0 Å². The minimum atomic E-state index is -0.644. The van der Waals surface area contributed by atoms with E-state index in [0.29, 0.717) is 12.5 Å². The molecular formula is C13H24N2O2. The highest BCUT2D eigenvalue weighted by Gasteiger charge is 2.31. The van der Waals surface area contributed by atoms with E-state index in [2.05, 4.69) is 16.8 Å². The van der Waals surface area contributed by atoms with Gasteiger partial charge in [0.1, 0.15) is 0 Å². The highest BCUT2D eigenvalue weighted by atomic mass is 16.4. The summed E-state index contributed by atoms with van der Waals surface area (Å²) in [6, 6.07) is 0.908. The average molecular weight is 240 g/mol. The Hall–Kier alpha value is -0.610. The molecule has 2 heterocycles. The first-order valence-corrected chi connectivity index (χ1v) is 6.83. The van der Waals surface area contributed by atoms with E-state index in [1.165, 1.54) is 25.7 Å². The van der Waals surface area contributed by atoms with Crippen molar-refractivity contribution in [3.63, 3.8) is 0 Å². The molecule has 2 rings (SSSR count). The van der Waals surface area contributed by atoms with Crippen LogP contribution < -0.4 is 0 Å². The molecule has 0 saturated carbocycles. The standard InChI is InChI=1S/C13H24N2O2/c1-14-8-5-11(6-9-14)15-7-3-2-4-12(15)10-13(16)17/h11-12H,2-10H2,1H3,(H,16,17). The maximum absolute atomic E-state index is 10.9. The van der Waals surface area contributed by atoms with Gasteiger partial charge in [0, 0.05) is 12.1 Å². The van der Waals surface area contributed by atoms with Gasteiger partial charge in [0.2, 0.25) is 0 Å². The number of likely N-dealkylation sites (tertiary alicyclic amines) is 2. The smallest absolute Gasteiger partial charge is 0.304 e. The number of aliphatic carboxylic acids is 1. The van der Waals surface area contributed by atoms with Crippen LogP contribution in [0.25, 0.3) is 0 Å². The molecule has 2 aliphatic rings. The van der Waals surface area contributed by atoms with Gasteiger partial charge in [-0.15, -0.1) is 0 Å². The lowest BCUT2D eigenvalue weighted by atomic mass is 9.93. The summed E-state index contributed by atoms with van der Waals surface area (Å²) in [4.78, 5) is 15.8. The fourth-order valence-corrected chi connectivity index (χ4v) is 3.25. The predicted molar refractivity (Wildman–Crippen MR) is 67.1 cm³/mol. The first-order valence-electron chi connectivity index (χ1n) is 6.83. The van der Waals surface area contributed by atoms with Gasteiger partial charge in [-0.3, -0.25) is 9.69 Å². The van der Waals surface area contributed by atoms with Crippen molar-refractivity contribution >= 4 is 5.97 Å². The highest BCUT2D eigenvalue weighted by molar-refractivity contribution is 5.67. The van der Waals surface area contributed by atoms with E-state index in [4.69, 9.17) is 5.11 Å². The first kappa shape index (κ1) is 12.8. The third kappa shape index (κ3) is 3.42. The Morgan fingerprint density at radius 3 is 2.53 bits per heavy atom. The molecule has 0 aromatic carbocycles. The zero-order chi connectivity index (χ0) is 12.3. The lowest BCUT2D eigenvalue weighted by Gasteiger charge is -2.43. The van der Waals surface area contributed by atoms with E-state index < -0.39 is 5.97 Å². The summed E-state index contributed by atoms with van der Waals surface area (Å²) in [7, 11) is 2.17. The van der Waals surface area contributed by atoms with Crippen LogP contribution in [0.1, 0.15) is 38.5 Å². The maximum atomic E-state index is 10.9. The minimum Gasteiger partial charge on any atom is -0.481 e. The molecule has 1 N–H and O–H groups in total. The zero-order valence-corrected chi connectivity index (χ0v) is 10.8. The van der Waals surface area contributed by atoms with Crippen molar-refractivity contribution in [2.45, 2.75) is 50.6 Å².